The van der Waals surface area contributed by atoms with Crippen molar-refractivity contribution < 1.29 is 19.1 Å². The maximum atomic E-state index is 13.3. The molecule has 0 saturated carbocycles. The Morgan fingerprint density at radius 2 is 1.94 bits per heavy atom. The lowest BCUT2D eigenvalue weighted by Gasteiger charge is -2.25. The van der Waals surface area contributed by atoms with Gasteiger partial charge < -0.3 is 15.4 Å². The summed E-state index contributed by atoms with van der Waals surface area (Å²) in [6.45, 7) is 3.19. The molecule has 2 N–H and O–H groups in total. The zero-order valence-corrected chi connectivity index (χ0v) is 18.4. The molecule has 31 heavy (non-hydrogen) atoms. The Kier molecular flexibility index (Phi) is 5.39. The minimum absolute atomic E-state index is 0.361. The Morgan fingerprint density at radius 3 is 2.68 bits per heavy atom. The van der Waals surface area contributed by atoms with Crippen LogP contribution in [-0.4, -0.2) is 35.9 Å². The molecule has 8 heteroatoms. The third-order valence-corrected chi connectivity index (χ3v) is 6.32. The maximum Gasteiger partial charge on any atom is 0.326 e. The van der Waals surface area contributed by atoms with Crippen molar-refractivity contribution in [1.82, 2.24) is 10.2 Å². The second-order valence-corrected chi connectivity index (χ2v) is 8.51. The van der Waals surface area contributed by atoms with E-state index in [2.05, 4.69) is 10.6 Å². The zero-order chi connectivity index (χ0) is 22.3. The van der Waals surface area contributed by atoms with Crippen molar-refractivity contribution in [1.29, 1.82) is 0 Å². The predicted octanol–water partition coefficient (Wildman–Crippen LogP) is 3.63. The lowest BCUT2D eigenvalue weighted by Crippen LogP contribution is -2.47. The number of ether oxygens (including phenoxy) is 1. The summed E-state index contributed by atoms with van der Waals surface area (Å²) in [6, 6.07) is 9.07. The molecule has 1 aliphatic heterocycles. The van der Waals surface area contributed by atoms with Gasteiger partial charge in [-0.3, -0.25) is 9.59 Å². The molecule has 162 valence electrons. The van der Waals surface area contributed by atoms with Gasteiger partial charge in [0.25, 0.3) is 5.91 Å². The van der Waals surface area contributed by atoms with Crippen molar-refractivity contribution >= 4 is 35.1 Å². The van der Waals surface area contributed by atoms with Crippen LogP contribution in [0.3, 0.4) is 0 Å². The number of carbonyl (C=O) groups is 3. The normalized spacial score (nSPS) is 21.0. The van der Waals surface area contributed by atoms with Crippen LogP contribution in [0.2, 0.25) is 5.02 Å². The lowest BCUT2D eigenvalue weighted by atomic mass is 9.89. The van der Waals surface area contributed by atoms with Crippen LogP contribution in [-0.2, 0) is 28.0 Å². The van der Waals surface area contributed by atoms with Gasteiger partial charge in [0.1, 0.15) is 17.3 Å². The van der Waals surface area contributed by atoms with Gasteiger partial charge in [-0.1, -0.05) is 29.8 Å². The van der Waals surface area contributed by atoms with Gasteiger partial charge in [-0.15, -0.1) is 0 Å². The lowest BCUT2D eigenvalue weighted by molar-refractivity contribution is -0.136. The van der Waals surface area contributed by atoms with Crippen molar-refractivity contribution in [2.24, 2.45) is 0 Å². The van der Waals surface area contributed by atoms with E-state index in [9.17, 15) is 14.4 Å². The predicted molar refractivity (Wildman–Crippen MR) is 117 cm³/mol. The van der Waals surface area contributed by atoms with Gasteiger partial charge in [0.2, 0.25) is 5.91 Å². The first-order valence-electron chi connectivity index (χ1n) is 10.2. The van der Waals surface area contributed by atoms with Gasteiger partial charge >= 0.3 is 6.03 Å². The smallest absolute Gasteiger partial charge is 0.326 e. The van der Waals surface area contributed by atoms with Gasteiger partial charge in [-0.2, -0.15) is 0 Å². The first kappa shape index (κ1) is 21.2. The highest BCUT2D eigenvalue weighted by atomic mass is 35.5. The van der Waals surface area contributed by atoms with Crippen molar-refractivity contribution in [2.75, 3.05) is 12.4 Å². The highest BCUT2D eigenvalue weighted by Crippen LogP contribution is 2.34. The van der Waals surface area contributed by atoms with Crippen LogP contribution in [0.5, 0.6) is 5.75 Å². The number of methoxy groups -OCH3 is 1. The second kappa shape index (κ2) is 7.89. The highest BCUT2D eigenvalue weighted by Gasteiger charge is 2.52. The van der Waals surface area contributed by atoms with Gasteiger partial charge in [0.15, 0.2) is 0 Å². The fourth-order valence-corrected chi connectivity index (χ4v) is 4.40. The number of rotatable bonds is 5. The van der Waals surface area contributed by atoms with Crippen LogP contribution >= 0.6 is 11.6 Å². The van der Waals surface area contributed by atoms with E-state index in [0.29, 0.717) is 16.5 Å². The monoisotopic (exact) mass is 441 g/mol. The molecule has 1 aliphatic carbocycles. The van der Waals surface area contributed by atoms with Crippen molar-refractivity contribution in [3.8, 4) is 5.75 Å². The fraction of sp³-hybridized carbons (Fsp3) is 0.348. The number of halogens is 1. The molecule has 0 spiro atoms. The van der Waals surface area contributed by atoms with Crippen LogP contribution < -0.4 is 15.4 Å². The molecule has 2 aromatic rings. The third-order valence-electron chi connectivity index (χ3n) is 6.08. The largest absolute Gasteiger partial charge is 0.495 e. The molecular weight excluding hydrogens is 418 g/mol. The summed E-state index contributed by atoms with van der Waals surface area (Å²) in [5, 5.41) is 5.90. The molecule has 2 aliphatic rings. The Labute approximate surface area is 185 Å². The fourth-order valence-electron chi connectivity index (χ4n) is 4.22. The van der Waals surface area contributed by atoms with Crippen LogP contribution in [0.1, 0.15) is 37.0 Å². The van der Waals surface area contributed by atoms with E-state index in [1.807, 2.05) is 18.2 Å². The number of benzene rings is 2. The molecule has 1 heterocycles. The van der Waals surface area contributed by atoms with Gasteiger partial charge in [-0.25, -0.2) is 9.69 Å². The van der Waals surface area contributed by atoms with E-state index < -0.39 is 29.4 Å². The second-order valence-electron chi connectivity index (χ2n) is 8.08. The van der Waals surface area contributed by atoms with Gasteiger partial charge in [0, 0.05) is 5.02 Å². The first-order valence-corrected chi connectivity index (χ1v) is 10.5. The molecule has 1 fully saturated rings. The Hall–Kier alpha value is -3.06. The van der Waals surface area contributed by atoms with E-state index in [0.717, 1.165) is 29.7 Å². The number of aryl methyl sites for hydroxylation is 2. The number of fused-ring (bicyclic) bond motifs is 1. The van der Waals surface area contributed by atoms with E-state index in [-0.39, 0.29) is 0 Å². The summed E-state index contributed by atoms with van der Waals surface area (Å²) < 4.78 is 5.24. The number of hydrogen-bond acceptors (Lipinski definition) is 4. The molecule has 2 unspecified atom stereocenters. The molecule has 2 atom stereocenters. The molecule has 0 bridgehead atoms. The SMILES string of the molecule is COc1ccc(Cl)cc1NC(=O)C(C)N1C(=O)NC(C)(c2ccc3c(c2)CCC3)C1=O. The molecule has 0 radical (unpaired) electrons. The molecule has 1 saturated heterocycles. The van der Waals surface area contributed by atoms with Gasteiger partial charge in [0.05, 0.1) is 12.8 Å². The molecule has 7 nitrogen and oxygen atoms in total. The summed E-state index contributed by atoms with van der Waals surface area (Å²) in [5.74, 6) is -0.566. The number of urea groups is 1. The average molecular weight is 442 g/mol. The van der Waals surface area contributed by atoms with Crippen LogP contribution in [0.25, 0.3) is 0 Å². The summed E-state index contributed by atoms with van der Waals surface area (Å²) in [4.78, 5) is 39.9. The molecule has 4 amide bonds. The van der Waals surface area contributed by atoms with E-state index in [4.69, 9.17) is 16.3 Å². The minimum atomic E-state index is -1.23. The number of imide groups is 1. The molecular formula is C23H24ClN3O4. The standard InChI is InChI=1S/C23H24ClN3O4/c1-13(20(28)25-18-12-17(24)9-10-19(18)31-3)27-21(29)23(2,26-22(27)30)16-8-7-14-5-4-6-15(14)11-16/h7-13H,4-6H2,1-3H3,(H,25,28)(H,26,30). The van der Waals surface area contributed by atoms with Crippen molar-refractivity contribution in [3.63, 3.8) is 0 Å². The first-order chi connectivity index (χ1) is 14.7. The summed E-state index contributed by atoms with van der Waals surface area (Å²) >= 11 is 6.02. The Morgan fingerprint density at radius 1 is 1.19 bits per heavy atom. The average Bonchev–Trinajstić information content (AvgIpc) is 3.29. The number of nitrogens with one attached hydrogen (secondary N) is 2. The number of anilines is 1. The van der Waals surface area contributed by atoms with Crippen LogP contribution in [0.15, 0.2) is 36.4 Å². The zero-order valence-electron chi connectivity index (χ0n) is 17.6. The summed E-state index contributed by atoms with van der Waals surface area (Å²) in [5.41, 5.74) is 2.34. The minimum Gasteiger partial charge on any atom is -0.495 e. The highest BCUT2D eigenvalue weighted by molar-refractivity contribution is 6.31. The third kappa shape index (κ3) is 3.63. The van der Waals surface area contributed by atoms with Crippen LogP contribution in [0.4, 0.5) is 10.5 Å². The number of nitrogens with zero attached hydrogens (tertiary/aromatic N) is 1. The Balaban J connectivity index is 1.57. The Bertz CT molecular complexity index is 1090. The number of hydrogen-bond donors (Lipinski definition) is 2. The van der Waals surface area contributed by atoms with E-state index >= 15 is 0 Å². The van der Waals surface area contributed by atoms with Crippen molar-refractivity contribution in [3.05, 3.63) is 58.1 Å². The van der Waals surface area contributed by atoms with Gasteiger partial charge in [-0.05, 0) is 68.0 Å². The molecule has 2 aromatic carbocycles. The maximum absolute atomic E-state index is 13.3. The summed E-state index contributed by atoms with van der Waals surface area (Å²) in [7, 11) is 1.47. The molecule has 0 aromatic heterocycles. The van der Waals surface area contributed by atoms with Crippen molar-refractivity contribution in [2.45, 2.75) is 44.7 Å². The van der Waals surface area contributed by atoms with E-state index in [1.54, 1.807) is 25.1 Å². The topological polar surface area (TPSA) is 87.7 Å². The quantitative estimate of drug-likeness (QED) is 0.693. The molecule has 4 rings (SSSR count). The number of amides is 4. The van der Waals surface area contributed by atoms with E-state index in [1.165, 1.54) is 25.2 Å². The summed E-state index contributed by atoms with van der Waals surface area (Å²) in [6.07, 6.45) is 3.08. The number of carbonyl (C=O) groups excluding carboxylic acids is 3. The van der Waals surface area contributed by atoms with Crippen LogP contribution in [0, 0.1) is 0 Å².